The number of fused-ring (bicyclic) bond motifs is 2. The van der Waals surface area contributed by atoms with Crippen LogP contribution in [0.25, 0.3) is 28.2 Å². The van der Waals surface area contributed by atoms with E-state index in [0.717, 1.165) is 77.8 Å². The van der Waals surface area contributed by atoms with Crippen molar-refractivity contribution >= 4 is 28.8 Å². The zero-order chi connectivity index (χ0) is 31.3. The van der Waals surface area contributed by atoms with Gasteiger partial charge < -0.3 is 19.9 Å². The van der Waals surface area contributed by atoms with Crippen LogP contribution in [0.15, 0.2) is 60.8 Å². The molecule has 0 aliphatic heterocycles. The molecule has 2 N–H and O–H groups in total. The minimum Gasteiger partial charge on any atom is -0.481 e. The van der Waals surface area contributed by atoms with Crippen LogP contribution in [0.1, 0.15) is 61.0 Å². The van der Waals surface area contributed by atoms with E-state index >= 15 is 0 Å². The SMILES string of the molecule is CCCNCc1ccn2nc(-c3cccc(-c4cccc5c4CC[C@@H]5Oc4nc(OC)c(CCCCO)cc4Cl)c3Cl)nc2c1. The van der Waals surface area contributed by atoms with Crippen LogP contribution in [-0.2, 0) is 19.4 Å². The molecule has 0 spiro atoms. The van der Waals surface area contributed by atoms with Gasteiger partial charge in [-0.3, -0.25) is 0 Å². The lowest BCUT2D eigenvalue weighted by Crippen LogP contribution is -2.13. The molecule has 1 aliphatic rings. The highest BCUT2D eigenvalue weighted by Gasteiger charge is 2.29. The minimum absolute atomic E-state index is 0.152. The number of nitrogens with one attached hydrogen (secondary N) is 1. The fourth-order valence-electron chi connectivity index (χ4n) is 5.96. The van der Waals surface area contributed by atoms with Gasteiger partial charge in [0.25, 0.3) is 0 Å². The fraction of sp³-hybridized carbons (Fsp3) is 0.343. The number of nitrogens with zero attached hydrogens (tertiary/aromatic N) is 4. The molecule has 10 heteroatoms. The molecule has 0 amide bonds. The third-order valence-corrected chi connectivity index (χ3v) is 8.87. The largest absolute Gasteiger partial charge is 0.481 e. The standard InChI is InChI=1S/C35H37Cl2N5O3/c1-3-16-38-21-22-15-17-42-31(19-22)39-33(41-42)28-12-7-11-27(32(28)37)24-9-6-10-26-25(24)13-14-30(26)45-35-29(36)20-23(8-4-5-18-43)34(40-35)44-2/h6-7,9-12,15,17,19-20,30,38,43H,3-5,8,13-14,16,18,21H2,1-2H3/t30-/m0/s1. The molecule has 6 rings (SSSR count). The number of aromatic nitrogens is 4. The second-order valence-electron chi connectivity index (χ2n) is 11.3. The van der Waals surface area contributed by atoms with E-state index in [0.29, 0.717) is 40.5 Å². The molecule has 0 saturated carbocycles. The predicted molar refractivity (Wildman–Crippen MR) is 178 cm³/mol. The summed E-state index contributed by atoms with van der Waals surface area (Å²) >= 11 is 13.8. The van der Waals surface area contributed by atoms with Crippen LogP contribution in [0.4, 0.5) is 0 Å². The number of aliphatic hydroxyl groups excluding tert-OH is 1. The molecule has 3 aromatic heterocycles. The Morgan fingerprint density at radius 2 is 1.82 bits per heavy atom. The molecule has 0 unspecified atom stereocenters. The monoisotopic (exact) mass is 645 g/mol. The molecule has 45 heavy (non-hydrogen) atoms. The van der Waals surface area contributed by atoms with Crippen LogP contribution in [0.3, 0.4) is 0 Å². The van der Waals surface area contributed by atoms with Crippen molar-refractivity contribution in [1.29, 1.82) is 0 Å². The normalized spacial score (nSPS) is 14.2. The van der Waals surface area contributed by atoms with Gasteiger partial charge in [-0.15, -0.1) is 5.10 Å². The third kappa shape index (κ3) is 6.65. The molecular weight excluding hydrogens is 609 g/mol. The van der Waals surface area contributed by atoms with E-state index in [1.807, 2.05) is 36.5 Å². The van der Waals surface area contributed by atoms with Gasteiger partial charge in [0.1, 0.15) is 11.1 Å². The first-order chi connectivity index (χ1) is 22.0. The summed E-state index contributed by atoms with van der Waals surface area (Å²) < 4.78 is 13.8. The Morgan fingerprint density at radius 3 is 2.64 bits per heavy atom. The van der Waals surface area contributed by atoms with E-state index in [9.17, 15) is 0 Å². The fourth-order valence-corrected chi connectivity index (χ4v) is 6.49. The molecule has 0 saturated heterocycles. The maximum atomic E-state index is 9.14. The first-order valence-corrected chi connectivity index (χ1v) is 16.2. The second kappa shape index (κ2) is 14.2. The maximum Gasteiger partial charge on any atom is 0.236 e. The molecule has 8 nitrogen and oxygen atoms in total. The summed E-state index contributed by atoms with van der Waals surface area (Å²) in [6.45, 7) is 4.07. The molecular formula is C35H37Cl2N5O3. The lowest BCUT2D eigenvalue weighted by molar-refractivity contribution is 0.196. The molecule has 0 fully saturated rings. The van der Waals surface area contributed by atoms with E-state index in [2.05, 4.69) is 41.5 Å². The van der Waals surface area contributed by atoms with Crippen LogP contribution in [0.2, 0.25) is 10.0 Å². The highest BCUT2D eigenvalue weighted by Crippen LogP contribution is 2.44. The van der Waals surface area contributed by atoms with Gasteiger partial charge in [-0.1, -0.05) is 60.5 Å². The molecule has 1 atom stereocenters. The summed E-state index contributed by atoms with van der Waals surface area (Å²) in [5.74, 6) is 1.43. The van der Waals surface area contributed by atoms with Crippen molar-refractivity contribution in [2.75, 3.05) is 20.3 Å². The van der Waals surface area contributed by atoms with Crippen molar-refractivity contribution in [3.63, 3.8) is 0 Å². The maximum absolute atomic E-state index is 9.14. The first kappa shape index (κ1) is 31.3. The van der Waals surface area contributed by atoms with Gasteiger partial charge in [-0.05, 0) is 91.6 Å². The van der Waals surface area contributed by atoms with E-state index in [1.54, 1.807) is 11.6 Å². The number of ether oxygens (including phenoxy) is 2. The van der Waals surface area contributed by atoms with Crippen molar-refractivity contribution in [3.8, 4) is 34.3 Å². The zero-order valence-corrected chi connectivity index (χ0v) is 27.0. The van der Waals surface area contributed by atoms with Gasteiger partial charge in [0.05, 0.1) is 12.1 Å². The Balaban J connectivity index is 1.27. The van der Waals surface area contributed by atoms with Crippen molar-refractivity contribution in [2.24, 2.45) is 0 Å². The van der Waals surface area contributed by atoms with E-state index in [-0.39, 0.29) is 12.7 Å². The molecule has 5 aromatic rings. The minimum atomic E-state index is -0.210. The van der Waals surface area contributed by atoms with Crippen LogP contribution >= 0.6 is 23.2 Å². The lowest BCUT2D eigenvalue weighted by Gasteiger charge is -2.18. The van der Waals surface area contributed by atoms with E-state index < -0.39 is 0 Å². The number of pyridine rings is 2. The van der Waals surface area contributed by atoms with Gasteiger partial charge in [-0.2, -0.15) is 4.98 Å². The smallest absolute Gasteiger partial charge is 0.236 e. The first-order valence-electron chi connectivity index (χ1n) is 15.5. The van der Waals surface area contributed by atoms with Gasteiger partial charge in [-0.25, -0.2) is 9.50 Å². The number of benzene rings is 2. The Bertz CT molecular complexity index is 1810. The van der Waals surface area contributed by atoms with Crippen LogP contribution in [0.5, 0.6) is 11.8 Å². The topological polar surface area (TPSA) is 93.8 Å². The molecule has 3 heterocycles. The van der Waals surface area contributed by atoms with Crippen molar-refractivity contribution in [3.05, 3.63) is 93.1 Å². The highest BCUT2D eigenvalue weighted by molar-refractivity contribution is 6.36. The van der Waals surface area contributed by atoms with E-state index in [1.165, 1.54) is 5.56 Å². The van der Waals surface area contributed by atoms with Crippen LogP contribution < -0.4 is 14.8 Å². The Morgan fingerprint density at radius 1 is 1.00 bits per heavy atom. The number of aryl methyl sites for hydroxylation is 1. The third-order valence-electron chi connectivity index (χ3n) is 8.19. The summed E-state index contributed by atoms with van der Waals surface area (Å²) in [6.07, 6.45) is 6.67. The van der Waals surface area contributed by atoms with Crippen LogP contribution in [0, 0.1) is 0 Å². The number of hydrogen-bond donors (Lipinski definition) is 2. The highest BCUT2D eigenvalue weighted by atomic mass is 35.5. The van der Waals surface area contributed by atoms with Gasteiger partial charge in [0, 0.05) is 36.0 Å². The summed E-state index contributed by atoms with van der Waals surface area (Å²) in [7, 11) is 1.59. The predicted octanol–water partition coefficient (Wildman–Crippen LogP) is 7.65. The Kier molecular flexibility index (Phi) is 9.85. The Hall–Kier alpha value is -3.69. The number of unbranched alkanes of at least 4 members (excludes halogenated alkanes) is 1. The molecule has 234 valence electrons. The molecule has 0 radical (unpaired) electrons. The summed E-state index contributed by atoms with van der Waals surface area (Å²) in [6, 6.07) is 18.2. The average Bonchev–Trinajstić information content (AvgIpc) is 3.66. The Labute approximate surface area is 273 Å². The number of rotatable bonds is 13. The number of halogens is 2. The molecule has 2 aromatic carbocycles. The zero-order valence-electron chi connectivity index (χ0n) is 25.5. The molecule has 0 bridgehead atoms. The number of hydrogen-bond acceptors (Lipinski definition) is 7. The van der Waals surface area contributed by atoms with Crippen molar-refractivity contribution < 1.29 is 14.6 Å². The quantitative estimate of drug-likeness (QED) is 0.127. The summed E-state index contributed by atoms with van der Waals surface area (Å²) in [4.78, 5) is 9.44. The lowest BCUT2D eigenvalue weighted by atomic mass is 9.95. The number of aliphatic hydroxyl groups is 1. The summed E-state index contributed by atoms with van der Waals surface area (Å²) in [5, 5.41) is 18.4. The van der Waals surface area contributed by atoms with Crippen LogP contribution in [-0.4, -0.2) is 45.0 Å². The number of methoxy groups -OCH3 is 1. The second-order valence-corrected chi connectivity index (χ2v) is 12.0. The van der Waals surface area contributed by atoms with Crippen molar-refractivity contribution in [1.82, 2.24) is 24.9 Å². The van der Waals surface area contributed by atoms with Gasteiger partial charge >= 0.3 is 0 Å². The molecule has 1 aliphatic carbocycles. The van der Waals surface area contributed by atoms with E-state index in [4.69, 9.17) is 47.9 Å². The average molecular weight is 647 g/mol. The van der Waals surface area contributed by atoms with Gasteiger partial charge in [0.15, 0.2) is 11.5 Å². The van der Waals surface area contributed by atoms with Gasteiger partial charge in [0.2, 0.25) is 11.8 Å². The summed E-state index contributed by atoms with van der Waals surface area (Å²) in [5.41, 5.74) is 7.91. The van der Waals surface area contributed by atoms with Crippen molar-refractivity contribution in [2.45, 2.75) is 58.1 Å².